The van der Waals surface area contributed by atoms with Crippen LogP contribution in [0.2, 0.25) is 5.02 Å². The number of nitrogens with one attached hydrogen (secondary N) is 1. The quantitative estimate of drug-likeness (QED) is 0.322. The molecule has 1 saturated heterocycles. The van der Waals surface area contributed by atoms with Gasteiger partial charge in [0.1, 0.15) is 11.9 Å². The molecule has 35 heavy (non-hydrogen) atoms. The molecule has 5 nitrogen and oxygen atoms in total. The molecule has 0 amide bonds. The lowest BCUT2D eigenvalue weighted by Crippen LogP contribution is -2.38. The lowest BCUT2D eigenvalue weighted by Gasteiger charge is -2.32. The first-order valence-electron chi connectivity index (χ1n) is 12.0. The van der Waals surface area contributed by atoms with Crippen LogP contribution in [0.5, 0.6) is 0 Å². The monoisotopic (exact) mass is 490 g/mol. The molecule has 5 rings (SSSR count). The van der Waals surface area contributed by atoms with Crippen molar-refractivity contribution in [2.45, 2.75) is 25.4 Å². The van der Waals surface area contributed by atoms with Crippen LogP contribution in [0.3, 0.4) is 0 Å². The Bertz CT molecular complexity index is 1210. The number of benzene rings is 3. The average Bonchev–Trinajstić information content (AvgIpc) is 3.38. The number of nitrogens with zero attached hydrogens (tertiary/aromatic N) is 3. The molecule has 1 atom stereocenters. The molecule has 0 radical (unpaired) electrons. The van der Waals surface area contributed by atoms with Crippen molar-refractivity contribution >= 4 is 11.6 Å². The number of likely N-dealkylation sites (tertiary alicyclic amines) is 1. The van der Waals surface area contributed by atoms with Gasteiger partial charge in [-0.3, -0.25) is 4.90 Å². The maximum Gasteiger partial charge on any atom is 0.247 e. The number of rotatable bonds is 8. The Balaban J connectivity index is 1.23. The van der Waals surface area contributed by atoms with Crippen molar-refractivity contribution in [3.8, 4) is 11.5 Å². The molecule has 4 aromatic rings. The van der Waals surface area contributed by atoms with E-state index in [1.54, 1.807) is 12.1 Å². The molecule has 1 N–H and O–H groups in total. The Morgan fingerprint density at radius 2 is 1.66 bits per heavy atom. The minimum Gasteiger partial charge on any atom is -0.419 e. The van der Waals surface area contributed by atoms with Gasteiger partial charge >= 0.3 is 0 Å². The summed E-state index contributed by atoms with van der Waals surface area (Å²) in [6.07, 6.45) is 2.21. The summed E-state index contributed by atoms with van der Waals surface area (Å²) in [5.74, 6) is 1.23. The Morgan fingerprint density at radius 3 is 2.37 bits per heavy atom. The van der Waals surface area contributed by atoms with Crippen molar-refractivity contribution in [2.75, 3.05) is 19.6 Å². The molecular formula is C28H28ClFN4O. The minimum atomic E-state index is -0.298. The first-order chi connectivity index (χ1) is 17.1. The second-order valence-electron chi connectivity index (χ2n) is 9.05. The van der Waals surface area contributed by atoms with E-state index < -0.39 is 0 Å². The highest BCUT2D eigenvalue weighted by Crippen LogP contribution is 2.27. The molecule has 180 valence electrons. The minimum absolute atomic E-state index is 0.268. The van der Waals surface area contributed by atoms with Gasteiger partial charge in [0.2, 0.25) is 11.8 Å². The van der Waals surface area contributed by atoms with E-state index in [9.17, 15) is 4.39 Å². The Morgan fingerprint density at radius 1 is 0.943 bits per heavy atom. The van der Waals surface area contributed by atoms with Crippen LogP contribution in [0.25, 0.3) is 11.5 Å². The molecule has 1 aliphatic heterocycles. The molecule has 2 heterocycles. The lowest BCUT2D eigenvalue weighted by atomic mass is 9.95. The van der Waals surface area contributed by atoms with E-state index in [4.69, 9.17) is 16.0 Å². The van der Waals surface area contributed by atoms with Crippen molar-refractivity contribution in [1.82, 2.24) is 20.4 Å². The van der Waals surface area contributed by atoms with Crippen LogP contribution in [-0.4, -0.2) is 34.7 Å². The van der Waals surface area contributed by atoms with Crippen LogP contribution >= 0.6 is 11.6 Å². The number of aromatic nitrogens is 2. The summed E-state index contributed by atoms with van der Waals surface area (Å²) >= 11 is 6.01. The molecule has 0 aliphatic carbocycles. The standard InChI is InChI=1S/C28H28ClFN4O/c29-24-10-6-21(7-11-24)19-34-16-14-20(15-17-34)18-31-26(22-8-12-25(30)13-9-22)28-33-32-27(35-28)23-4-2-1-3-5-23/h1-13,20,26,31H,14-19H2/t26-/m0/s1. The summed E-state index contributed by atoms with van der Waals surface area (Å²) in [7, 11) is 0. The molecule has 1 fully saturated rings. The molecule has 0 bridgehead atoms. The molecule has 0 saturated carbocycles. The maximum atomic E-state index is 13.6. The highest BCUT2D eigenvalue weighted by atomic mass is 35.5. The van der Waals surface area contributed by atoms with Crippen LogP contribution in [0, 0.1) is 11.7 Å². The predicted molar refractivity (Wildman–Crippen MR) is 135 cm³/mol. The third kappa shape index (κ3) is 6.14. The van der Waals surface area contributed by atoms with Gasteiger partial charge in [-0.25, -0.2) is 4.39 Å². The lowest BCUT2D eigenvalue weighted by molar-refractivity contribution is 0.173. The first kappa shape index (κ1) is 23.7. The Hall–Kier alpha value is -3.06. The van der Waals surface area contributed by atoms with Crippen molar-refractivity contribution in [3.05, 3.63) is 107 Å². The van der Waals surface area contributed by atoms with Gasteiger partial charge in [-0.15, -0.1) is 10.2 Å². The number of hydrogen-bond acceptors (Lipinski definition) is 5. The molecule has 1 aliphatic rings. The van der Waals surface area contributed by atoms with E-state index in [0.29, 0.717) is 17.7 Å². The Kier molecular flexibility index (Phi) is 7.52. The summed E-state index contributed by atoms with van der Waals surface area (Å²) < 4.78 is 19.6. The van der Waals surface area contributed by atoms with Gasteiger partial charge < -0.3 is 9.73 Å². The number of piperidine rings is 1. The van der Waals surface area contributed by atoms with E-state index >= 15 is 0 Å². The van der Waals surface area contributed by atoms with Crippen LogP contribution < -0.4 is 5.32 Å². The van der Waals surface area contributed by atoms with Gasteiger partial charge in [0.15, 0.2) is 0 Å². The third-order valence-corrected chi connectivity index (χ3v) is 6.80. The summed E-state index contributed by atoms with van der Waals surface area (Å²) in [4.78, 5) is 2.49. The maximum absolute atomic E-state index is 13.6. The van der Waals surface area contributed by atoms with Gasteiger partial charge in [0.25, 0.3) is 0 Å². The first-order valence-corrected chi connectivity index (χ1v) is 12.4. The van der Waals surface area contributed by atoms with Gasteiger partial charge in [-0.1, -0.05) is 54.1 Å². The van der Waals surface area contributed by atoms with Gasteiger partial charge in [0, 0.05) is 17.1 Å². The predicted octanol–water partition coefficient (Wildman–Crippen LogP) is 6.12. The summed E-state index contributed by atoms with van der Waals surface area (Å²) in [5.41, 5.74) is 3.06. The van der Waals surface area contributed by atoms with E-state index in [0.717, 1.165) is 55.2 Å². The highest BCUT2D eigenvalue weighted by molar-refractivity contribution is 6.30. The molecule has 1 aromatic heterocycles. The zero-order chi connectivity index (χ0) is 24.0. The SMILES string of the molecule is Fc1ccc([C@H](NCC2CCN(Cc3ccc(Cl)cc3)CC2)c2nnc(-c3ccccc3)o2)cc1. The fourth-order valence-electron chi connectivity index (χ4n) is 4.53. The van der Waals surface area contributed by atoms with Gasteiger partial charge in [-0.2, -0.15) is 0 Å². The van der Waals surface area contributed by atoms with E-state index in [1.807, 2.05) is 42.5 Å². The normalized spacial score (nSPS) is 15.8. The zero-order valence-electron chi connectivity index (χ0n) is 19.4. The van der Waals surface area contributed by atoms with Crippen molar-refractivity contribution < 1.29 is 8.81 Å². The van der Waals surface area contributed by atoms with Crippen LogP contribution in [0.15, 0.2) is 83.3 Å². The van der Waals surface area contributed by atoms with E-state index in [-0.39, 0.29) is 11.9 Å². The number of hydrogen-bond donors (Lipinski definition) is 1. The largest absolute Gasteiger partial charge is 0.419 e. The third-order valence-electron chi connectivity index (χ3n) is 6.55. The molecule has 0 unspecified atom stereocenters. The van der Waals surface area contributed by atoms with Crippen molar-refractivity contribution in [2.24, 2.45) is 5.92 Å². The zero-order valence-corrected chi connectivity index (χ0v) is 20.2. The van der Waals surface area contributed by atoms with Crippen LogP contribution in [0.1, 0.15) is 35.9 Å². The number of halogens is 2. The second-order valence-corrected chi connectivity index (χ2v) is 9.49. The molecular weight excluding hydrogens is 463 g/mol. The van der Waals surface area contributed by atoms with Crippen LogP contribution in [-0.2, 0) is 6.54 Å². The molecule has 7 heteroatoms. The average molecular weight is 491 g/mol. The topological polar surface area (TPSA) is 54.2 Å². The van der Waals surface area contributed by atoms with Crippen molar-refractivity contribution in [1.29, 1.82) is 0 Å². The highest BCUT2D eigenvalue weighted by Gasteiger charge is 2.25. The van der Waals surface area contributed by atoms with Crippen LogP contribution in [0.4, 0.5) is 4.39 Å². The molecule has 3 aromatic carbocycles. The fraction of sp³-hybridized carbons (Fsp3) is 0.286. The smallest absolute Gasteiger partial charge is 0.247 e. The van der Waals surface area contributed by atoms with Gasteiger partial charge in [-0.05, 0) is 85.9 Å². The summed E-state index contributed by atoms with van der Waals surface area (Å²) in [5, 5.41) is 13.0. The Labute approximate surface area is 209 Å². The van der Waals surface area contributed by atoms with E-state index in [2.05, 4.69) is 32.5 Å². The molecule has 0 spiro atoms. The van der Waals surface area contributed by atoms with Gasteiger partial charge in [0.05, 0.1) is 0 Å². The summed E-state index contributed by atoms with van der Waals surface area (Å²) in [6, 6.07) is 24.0. The van der Waals surface area contributed by atoms with Crippen molar-refractivity contribution in [3.63, 3.8) is 0 Å². The second kappa shape index (κ2) is 11.1. The fourth-order valence-corrected chi connectivity index (χ4v) is 4.66. The van der Waals surface area contributed by atoms with E-state index in [1.165, 1.54) is 17.7 Å². The summed E-state index contributed by atoms with van der Waals surface area (Å²) in [6.45, 7) is 3.86.